The molecule has 67 heavy (non-hydrogen) atoms. The number of nitrogens with zero attached hydrogens (tertiary/aromatic N) is 1. The normalized spacial score (nSPS) is 39.0. The van der Waals surface area contributed by atoms with Gasteiger partial charge in [-0.25, -0.2) is 18.0 Å². The monoisotopic (exact) mass is 939 g/mol. The van der Waals surface area contributed by atoms with Gasteiger partial charge in [0, 0.05) is 44.6 Å². The van der Waals surface area contributed by atoms with Crippen LogP contribution in [0.3, 0.4) is 0 Å². The molecule has 12 unspecified atom stereocenters. The van der Waals surface area contributed by atoms with E-state index in [0.717, 1.165) is 30.6 Å². The second-order valence-electron chi connectivity index (χ2n) is 23.6. The smallest absolute Gasteiger partial charge is 0.340 e. The van der Waals surface area contributed by atoms with E-state index in [-0.39, 0.29) is 58.2 Å². The van der Waals surface area contributed by atoms with Gasteiger partial charge in [-0.1, -0.05) is 95.3 Å². The molecular weight excluding hydrogens is 861 g/mol. The quantitative estimate of drug-likeness (QED) is 0.166. The van der Waals surface area contributed by atoms with E-state index >= 15 is 0 Å². The number of hydrogen-bond acceptors (Lipinski definition) is 10. The summed E-state index contributed by atoms with van der Waals surface area (Å²) in [5, 5.41) is 14.8. The van der Waals surface area contributed by atoms with Gasteiger partial charge in [-0.3, -0.25) is 0 Å². The maximum atomic E-state index is 13.5. The molecule has 2 aromatic rings. The molecule has 6 fully saturated rings. The number of carbonyl (C=O) groups excluding carboxylic acids is 2. The van der Waals surface area contributed by atoms with Crippen molar-refractivity contribution >= 4 is 27.3 Å². The Morgan fingerprint density at radius 1 is 0.910 bits per heavy atom. The van der Waals surface area contributed by atoms with Gasteiger partial charge in [0.1, 0.15) is 6.61 Å². The van der Waals surface area contributed by atoms with Gasteiger partial charge in [0.25, 0.3) is 0 Å². The van der Waals surface area contributed by atoms with E-state index in [2.05, 4.69) is 76.5 Å². The van der Waals surface area contributed by atoms with Gasteiger partial charge in [0.15, 0.2) is 15.9 Å². The predicted octanol–water partition coefficient (Wildman–Crippen LogP) is 9.57. The summed E-state index contributed by atoms with van der Waals surface area (Å²) in [4.78, 5) is 28.7. The van der Waals surface area contributed by atoms with Gasteiger partial charge >= 0.3 is 11.9 Å². The molecule has 0 radical (unpaired) electrons. The Hall–Kier alpha value is -3.35. The third kappa shape index (κ3) is 9.16. The van der Waals surface area contributed by atoms with E-state index in [1.807, 2.05) is 42.5 Å². The van der Waals surface area contributed by atoms with Crippen molar-refractivity contribution in [1.29, 1.82) is 0 Å². The Bertz CT molecular complexity index is 2300. The first-order valence-electron chi connectivity index (χ1n) is 25.7. The molecule has 7 aliphatic rings. The van der Waals surface area contributed by atoms with Crippen molar-refractivity contribution < 1.29 is 37.3 Å². The van der Waals surface area contributed by atoms with Crippen molar-refractivity contribution in [3.8, 4) is 0 Å². The molecule has 2 bridgehead atoms. The van der Waals surface area contributed by atoms with Gasteiger partial charge in [-0.2, -0.15) is 0 Å². The lowest BCUT2D eigenvalue weighted by Gasteiger charge is -2.61. The zero-order chi connectivity index (χ0) is 47.6. The molecule has 2 saturated heterocycles. The Balaban J connectivity index is 0.881. The van der Waals surface area contributed by atoms with Crippen LogP contribution in [0.5, 0.6) is 0 Å². The molecule has 9 rings (SSSR count). The predicted molar refractivity (Wildman–Crippen MR) is 262 cm³/mol. The zero-order valence-corrected chi connectivity index (χ0v) is 42.0. The average molecular weight is 939 g/mol. The molecule has 0 spiro atoms. The minimum Gasteiger partial charge on any atom is -0.459 e. The lowest BCUT2D eigenvalue weighted by molar-refractivity contribution is -0.208. The fourth-order valence-corrected chi connectivity index (χ4v) is 16.9. The Labute approximate surface area is 401 Å². The molecule has 12 atom stereocenters. The fourth-order valence-electron chi connectivity index (χ4n) is 15.6. The highest BCUT2D eigenvalue weighted by molar-refractivity contribution is 7.91. The molecule has 4 saturated carbocycles. The minimum absolute atomic E-state index is 0.0790. The molecular formula is C56H78N2O8S. The van der Waals surface area contributed by atoms with Crippen LogP contribution in [0.4, 0.5) is 0 Å². The number of hydrogen-bond donors (Lipinski definition) is 2. The van der Waals surface area contributed by atoms with Crippen LogP contribution >= 0.6 is 0 Å². The number of nitrogens with one attached hydrogen (secondary N) is 1. The van der Waals surface area contributed by atoms with Crippen LogP contribution in [0.15, 0.2) is 72.8 Å². The summed E-state index contributed by atoms with van der Waals surface area (Å²) in [6, 6.07) is 17.2. The highest BCUT2D eigenvalue weighted by Crippen LogP contribution is 2.73. The number of rotatable bonds is 11. The second-order valence-corrected chi connectivity index (χ2v) is 25.9. The number of sulfone groups is 1. The summed E-state index contributed by atoms with van der Waals surface area (Å²) in [6.45, 7) is 23.1. The van der Waals surface area contributed by atoms with E-state index < -0.39 is 40.3 Å². The highest BCUT2D eigenvalue weighted by Gasteiger charge is 2.66. The Morgan fingerprint density at radius 2 is 1.64 bits per heavy atom. The van der Waals surface area contributed by atoms with Crippen LogP contribution in [0, 0.1) is 51.2 Å². The molecule has 11 heteroatoms. The standard InChI is InChI=1S/C56H78N2O8S/c1-37(2)43-19-24-56(57-27-28-58-29-31-67(62,63)32-30-58)26-25-55(7)45(49(43)56)18-17-41-35-53(55,5)22-21-47-52(3,4)44(20-23-54(41,47)6)39-13-15-40(16-14-39)50(60)66-48-34-42(59)33-46(65-48)51(61)64-36-38-11-9-8-10-12-38/h8-16,20,41-43,45-49,57,59H,1,17-19,21-36H2,2-7H3. The van der Waals surface area contributed by atoms with Gasteiger partial charge in [-0.05, 0) is 151 Å². The molecule has 5 aliphatic carbocycles. The highest BCUT2D eigenvalue weighted by atomic mass is 32.2. The summed E-state index contributed by atoms with van der Waals surface area (Å²) in [7, 11) is -2.89. The molecule has 366 valence electrons. The van der Waals surface area contributed by atoms with Crippen LogP contribution in [0.1, 0.15) is 140 Å². The SMILES string of the molecule is C=C(C)C1CCC2(NCCN3CCS(=O)(=O)CC3)CCC3(C)C(CCC4CC3(C)CCC3C(C)(C)C(c5ccc(C(=O)OC6CC(O)CC(C(=O)OCc7ccccc7)O6)cc5)=CCC43C)C12. The van der Waals surface area contributed by atoms with Crippen molar-refractivity contribution in [3.05, 3.63) is 89.5 Å². The van der Waals surface area contributed by atoms with E-state index in [1.165, 1.54) is 68.9 Å². The van der Waals surface area contributed by atoms with Crippen molar-refractivity contribution in [3.63, 3.8) is 0 Å². The Morgan fingerprint density at radius 3 is 2.36 bits per heavy atom. The lowest BCUT2D eigenvalue weighted by atomic mass is 9.46. The zero-order valence-electron chi connectivity index (χ0n) is 41.2. The number of carbonyl (C=O) groups is 2. The van der Waals surface area contributed by atoms with Crippen LogP contribution < -0.4 is 5.32 Å². The second kappa shape index (κ2) is 18.4. The van der Waals surface area contributed by atoms with Crippen LogP contribution in [0.2, 0.25) is 0 Å². The number of aliphatic hydroxyl groups is 1. The van der Waals surface area contributed by atoms with Crippen molar-refractivity contribution in [2.24, 2.45) is 51.2 Å². The molecule has 2 aromatic carbocycles. The summed E-state index contributed by atoms with van der Waals surface area (Å²) in [6.07, 6.45) is 11.8. The van der Waals surface area contributed by atoms with E-state index in [9.17, 15) is 23.1 Å². The lowest BCUT2D eigenvalue weighted by Crippen LogP contribution is -2.62. The van der Waals surface area contributed by atoms with E-state index in [0.29, 0.717) is 48.2 Å². The van der Waals surface area contributed by atoms with Crippen molar-refractivity contribution in [1.82, 2.24) is 10.2 Å². The van der Waals surface area contributed by atoms with Crippen molar-refractivity contribution in [2.45, 2.75) is 149 Å². The first kappa shape index (κ1) is 48.7. The fraction of sp³-hybridized carbons (Fsp3) is 0.679. The summed E-state index contributed by atoms with van der Waals surface area (Å²) < 4.78 is 41.4. The van der Waals surface area contributed by atoms with E-state index in [4.69, 9.17) is 14.2 Å². The first-order valence-corrected chi connectivity index (χ1v) is 27.5. The number of allylic oxidation sites excluding steroid dienone is 3. The molecule has 2 heterocycles. The summed E-state index contributed by atoms with van der Waals surface area (Å²) >= 11 is 0. The minimum atomic E-state index is -2.89. The molecule has 10 nitrogen and oxygen atoms in total. The molecule has 2 aliphatic heterocycles. The van der Waals surface area contributed by atoms with E-state index in [1.54, 1.807) is 0 Å². The first-order chi connectivity index (χ1) is 31.8. The van der Waals surface area contributed by atoms with Gasteiger partial charge in [0.05, 0.1) is 23.2 Å². The summed E-state index contributed by atoms with van der Waals surface area (Å²) in [5.41, 5.74) is 5.69. The molecule has 0 aromatic heterocycles. The topological polar surface area (TPSA) is 131 Å². The third-order valence-electron chi connectivity index (χ3n) is 19.6. The van der Waals surface area contributed by atoms with Crippen LogP contribution in [-0.2, 0) is 35.4 Å². The molecule has 2 N–H and O–H groups in total. The number of ether oxygens (including phenoxy) is 3. The number of esters is 2. The van der Waals surface area contributed by atoms with Gasteiger partial charge in [0.2, 0.25) is 6.29 Å². The largest absolute Gasteiger partial charge is 0.459 e. The number of fused-ring (bicyclic) bond motifs is 8. The maximum absolute atomic E-state index is 13.5. The number of benzene rings is 2. The van der Waals surface area contributed by atoms with Crippen LogP contribution in [0.25, 0.3) is 5.57 Å². The maximum Gasteiger partial charge on any atom is 0.340 e. The molecule has 0 amide bonds. The van der Waals surface area contributed by atoms with Gasteiger partial charge in [-0.15, -0.1) is 0 Å². The third-order valence-corrected chi connectivity index (χ3v) is 21.2. The van der Waals surface area contributed by atoms with Crippen molar-refractivity contribution in [2.75, 3.05) is 37.7 Å². The Kier molecular flexibility index (Phi) is 13.4. The van der Waals surface area contributed by atoms with Crippen LogP contribution in [-0.4, -0.2) is 92.1 Å². The van der Waals surface area contributed by atoms with Gasteiger partial charge < -0.3 is 29.5 Å². The summed E-state index contributed by atoms with van der Waals surface area (Å²) in [5.74, 6) is 2.25. The average Bonchev–Trinajstić information content (AvgIpc) is 3.56. The number of aliphatic hydroxyl groups excluding tert-OH is 1.